The van der Waals surface area contributed by atoms with Crippen LogP contribution in [0.25, 0.3) is 6.08 Å². The SMILES string of the molecule is CC(=O)N1C=Cc2ccccc2[C@@H]1CC(=O)OCC(=O)NNC(=O)c1ccco1. The maximum Gasteiger partial charge on any atom is 0.308 e. The van der Waals surface area contributed by atoms with Crippen molar-refractivity contribution in [3.8, 4) is 0 Å². The van der Waals surface area contributed by atoms with Crippen LogP contribution in [-0.4, -0.2) is 35.2 Å². The second-order valence-electron chi connectivity index (χ2n) is 6.23. The molecule has 0 aliphatic carbocycles. The van der Waals surface area contributed by atoms with Crippen molar-refractivity contribution in [2.75, 3.05) is 6.61 Å². The van der Waals surface area contributed by atoms with Crippen LogP contribution in [-0.2, 0) is 19.1 Å². The van der Waals surface area contributed by atoms with E-state index >= 15 is 0 Å². The molecule has 1 aromatic heterocycles. The molecular formula is C20H19N3O6. The number of nitrogens with zero attached hydrogens (tertiary/aromatic N) is 1. The zero-order valence-electron chi connectivity index (χ0n) is 15.6. The van der Waals surface area contributed by atoms with Gasteiger partial charge in [0.2, 0.25) is 5.91 Å². The molecule has 0 radical (unpaired) electrons. The third-order valence-electron chi connectivity index (χ3n) is 4.25. The average Bonchev–Trinajstić information content (AvgIpc) is 3.25. The van der Waals surface area contributed by atoms with Gasteiger partial charge in [-0.15, -0.1) is 0 Å². The first-order chi connectivity index (χ1) is 14.0. The second-order valence-corrected chi connectivity index (χ2v) is 6.23. The summed E-state index contributed by atoms with van der Waals surface area (Å²) in [6, 6.07) is 9.84. The molecule has 0 bridgehead atoms. The fourth-order valence-electron chi connectivity index (χ4n) is 2.91. The zero-order chi connectivity index (χ0) is 20.8. The maximum absolute atomic E-state index is 12.3. The molecule has 9 nitrogen and oxygen atoms in total. The summed E-state index contributed by atoms with van der Waals surface area (Å²) in [6.07, 6.45) is 4.63. The quantitative estimate of drug-likeness (QED) is 0.584. The van der Waals surface area contributed by atoms with Gasteiger partial charge in [0.15, 0.2) is 12.4 Å². The molecule has 1 atom stereocenters. The number of carbonyl (C=O) groups excluding carboxylic acids is 4. The first-order valence-electron chi connectivity index (χ1n) is 8.80. The first-order valence-corrected chi connectivity index (χ1v) is 8.80. The average molecular weight is 397 g/mol. The van der Waals surface area contributed by atoms with E-state index in [0.717, 1.165) is 11.1 Å². The number of carbonyl (C=O) groups is 4. The van der Waals surface area contributed by atoms with Crippen LogP contribution in [0.5, 0.6) is 0 Å². The lowest BCUT2D eigenvalue weighted by Gasteiger charge is -2.32. The number of nitrogens with one attached hydrogen (secondary N) is 2. The van der Waals surface area contributed by atoms with Crippen LogP contribution in [0.4, 0.5) is 0 Å². The summed E-state index contributed by atoms with van der Waals surface area (Å²) in [5.74, 6) is -2.20. The van der Waals surface area contributed by atoms with Gasteiger partial charge in [0, 0.05) is 13.1 Å². The molecule has 1 aliphatic rings. The summed E-state index contributed by atoms with van der Waals surface area (Å²) in [6.45, 7) is 0.827. The highest BCUT2D eigenvalue weighted by atomic mass is 16.5. The molecule has 2 aromatic rings. The van der Waals surface area contributed by atoms with Gasteiger partial charge in [-0.25, -0.2) is 0 Å². The van der Waals surface area contributed by atoms with Crippen molar-refractivity contribution in [3.05, 3.63) is 65.7 Å². The molecule has 2 heterocycles. The Morgan fingerprint density at radius 2 is 1.90 bits per heavy atom. The summed E-state index contributed by atoms with van der Waals surface area (Å²) in [4.78, 5) is 49.1. The van der Waals surface area contributed by atoms with Gasteiger partial charge < -0.3 is 14.1 Å². The lowest BCUT2D eigenvalue weighted by molar-refractivity contribution is -0.150. The number of benzene rings is 1. The Bertz CT molecular complexity index is 951. The van der Waals surface area contributed by atoms with E-state index in [1.165, 1.54) is 30.2 Å². The zero-order valence-corrected chi connectivity index (χ0v) is 15.6. The van der Waals surface area contributed by atoms with Crippen LogP contribution in [0, 0.1) is 0 Å². The standard InChI is InChI=1S/C20H19N3O6/c1-13(24)23-9-8-14-5-2-3-6-15(14)16(23)11-19(26)29-12-18(25)21-22-20(27)17-7-4-10-28-17/h2-10,16H,11-12H2,1H3,(H,21,25)(H,22,27)/t16-/m0/s1. The van der Waals surface area contributed by atoms with Gasteiger partial charge in [-0.1, -0.05) is 24.3 Å². The number of ether oxygens (including phenoxy) is 1. The van der Waals surface area contributed by atoms with Crippen molar-refractivity contribution in [2.24, 2.45) is 0 Å². The van der Waals surface area contributed by atoms with Crippen LogP contribution in [0.15, 0.2) is 53.3 Å². The molecule has 0 fully saturated rings. The summed E-state index contributed by atoms with van der Waals surface area (Å²) in [5, 5.41) is 0. The second kappa shape index (κ2) is 8.87. The van der Waals surface area contributed by atoms with E-state index in [4.69, 9.17) is 9.15 Å². The number of rotatable bonds is 5. The molecular weight excluding hydrogens is 378 g/mol. The normalized spacial score (nSPS) is 14.7. The fourth-order valence-corrected chi connectivity index (χ4v) is 2.91. The van der Waals surface area contributed by atoms with Crippen LogP contribution in [0.2, 0.25) is 0 Å². The van der Waals surface area contributed by atoms with Crippen molar-refractivity contribution >= 4 is 29.8 Å². The lowest BCUT2D eigenvalue weighted by Crippen LogP contribution is -2.43. The van der Waals surface area contributed by atoms with Crippen molar-refractivity contribution in [1.82, 2.24) is 15.8 Å². The van der Waals surface area contributed by atoms with Crippen LogP contribution in [0.3, 0.4) is 0 Å². The van der Waals surface area contributed by atoms with Gasteiger partial charge in [0.05, 0.1) is 18.7 Å². The number of furan rings is 1. The summed E-state index contributed by atoms with van der Waals surface area (Å²) < 4.78 is 9.87. The highest BCUT2D eigenvalue weighted by molar-refractivity contribution is 5.93. The third kappa shape index (κ3) is 4.89. The minimum absolute atomic E-state index is 0.0237. The van der Waals surface area contributed by atoms with Gasteiger partial charge in [-0.2, -0.15) is 0 Å². The van der Waals surface area contributed by atoms with E-state index in [2.05, 4.69) is 10.9 Å². The van der Waals surface area contributed by atoms with Crippen LogP contribution in [0.1, 0.15) is 41.1 Å². The van der Waals surface area contributed by atoms with Gasteiger partial charge in [-0.3, -0.25) is 30.0 Å². The van der Waals surface area contributed by atoms with Crippen LogP contribution < -0.4 is 10.9 Å². The third-order valence-corrected chi connectivity index (χ3v) is 4.25. The Hall–Kier alpha value is -3.88. The Morgan fingerprint density at radius 3 is 2.62 bits per heavy atom. The van der Waals surface area contributed by atoms with Gasteiger partial charge in [-0.05, 0) is 29.3 Å². The molecule has 0 saturated heterocycles. The van der Waals surface area contributed by atoms with E-state index in [1.807, 2.05) is 24.3 Å². The van der Waals surface area contributed by atoms with Gasteiger partial charge in [0.1, 0.15) is 0 Å². The molecule has 29 heavy (non-hydrogen) atoms. The number of fused-ring (bicyclic) bond motifs is 1. The highest BCUT2D eigenvalue weighted by Crippen LogP contribution is 2.32. The van der Waals surface area contributed by atoms with Crippen molar-refractivity contribution in [1.29, 1.82) is 0 Å². The van der Waals surface area contributed by atoms with Gasteiger partial charge in [0.25, 0.3) is 5.91 Å². The van der Waals surface area contributed by atoms with Gasteiger partial charge >= 0.3 is 11.9 Å². The maximum atomic E-state index is 12.3. The van der Waals surface area contributed by atoms with Crippen molar-refractivity contribution in [2.45, 2.75) is 19.4 Å². The molecule has 1 aromatic carbocycles. The molecule has 0 spiro atoms. The largest absolute Gasteiger partial charge is 0.459 e. The fraction of sp³-hybridized carbons (Fsp3) is 0.200. The minimum atomic E-state index is -0.717. The summed E-state index contributed by atoms with van der Waals surface area (Å²) >= 11 is 0. The van der Waals surface area contributed by atoms with E-state index < -0.39 is 30.4 Å². The smallest absolute Gasteiger partial charge is 0.308 e. The van der Waals surface area contributed by atoms with Crippen LogP contribution >= 0.6 is 0 Å². The predicted octanol–water partition coefficient (Wildman–Crippen LogP) is 1.55. The molecule has 9 heteroatoms. The van der Waals surface area contributed by atoms with E-state index in [0.29, 0.717) is 0 Å². The number of amides is 3. The molecule has 1 aliphatic heterocycles. The van der Waals surface area contributed by atoms with E-state index in [-0.39, 0.29) is 18.1 Å². The van der Waals surface area contributed by atoms with Crippen molar-refractivity contribution < 1.29 is 28.3 Å². The number of hydrogen-bond acceptors (Lipinski definition) is 6. The first kappa shape index (κ1) is 19.9. The summed E-state index contributed by atoms with van der Waals surface area (Å²) in [7, 11) is 0. The topological polar surface area (TPSA) is 118 Å². The Balaban J connectivity index is 1.53. The van der Waals surface area contributed by atoms with E-state index in [9.17, 15) is 19.2 Å². The monoisotopic (exact) mass is 397 g/mol. The predicted molar refractivity (Wildman–Crippen MR) is 101 cm³/mol. The molecule has 2 N–H and O–H groups in total. The lowest BCUT2D eigenvalue weighted by atomic mass is 9.94. The Kier molecular flexibility index (Phi) is 6.08. The number of hydrogen-bond donors (Lipinski definition) is 2. The highest BCUT2D eigenvalue weighted by Gasteiger charge is 2.29. The van der Waals surface area contributed by atoms with E-state index in [1.54, 1.807) is 12.3 Å². The molecule has 0 saturated carbocycles. The minimum Gasteiger partial charge on any atom is -0.459 e. The molecule has 3 amide bonds. The molecule has 150 valence electrons. The molecule has 3 rings (SSSR count). The van der Waals surface area contributed by atoms with Crippen molar-refractivity contribution in [3.63, 3.8) is 0 Å². The Morgan fingerprint density at radius 1 is 1.10 bits per heavy atom. The Labute approximate surface area is 166 Å². The number of hydrazine groups is 1. The number of esters is 1. The molecule has 0 unspecified atom stereocenters. The summed E-state index contributed by atoms with van der Waals surface area (Å²) in [5.41, 5.74) is 5.98.